The number of nitrogens with one attached hydrogen (secondary N) is 1. The molecule has 0 aliphatic heterocycles. The van der Waals surface area contributed by atoms with Gasteiger partial charge >= 0.3 is 0 Å². The van der Waals surface area contributed by atoms with E-state index in [9.17, 15) is 0 Å². The third kappa shape index (κ3) is 2.69. The first kappa shape index (κ1) is 11.7. The number of rotatable bonds is 3. The highest BCUT2D eigenvalue weighted by atomic mass is 79.9. The average molecular weight is 318 g/mol. The second kappa shape index (κ2) is 5.07. The highest BCUT2D eigenvalue weighted by Crippen LogP contribution is 2.33. The summed E-state index contributed by atoms with van der Waals surface area (Å²) in [4.78, 5) is 8.42. The minimum Gasteiger partial charge on any atom is -0.357 e. The van der Waals surface area contributed by atoms with Gasteiger partial charge in [-0.25, -0.2) is 9.97 Å². The fourth-order valence-corrected chi connectivity index (χ4v) is 3.09. The van der Waals surface area contributed by atoms with Crippen LogP contribution in [0, 0.1) is 6.92 Å². The number of hydrogen-bond acceptors (Lipinski definition) is 7. The standard InChI is InChI=1S/C8H8BrN5S2/c1-4-13-14-8(15-4)16-6-5(9)3-11-7(10-2)12-6/h3H,1-2H3,(H,10,11,12). The summed E-state index contributed by atoms with van der Waals surface area (Å²) in [5.41, 5.74) is 0. The summed E-state index contributed by atoms with van der Waals surface area (Å²) in [5, 5.41) is 12.7. The van der Waals surface area contributed by atoms with Crippen LogP contribution in [-0.2, 0) is 0 Å². The van der Waals surface area contributed by atoms with Crippen molar-refractivity contribution in [1.82, 2.24) is 20.2 Å². The molecule has 0 saturated heterocycles. The molecule has 0 aromatic carbocycles. The average Bonchev–Trinajstić information content (AvgIpc) is 2.67. The van der Waals surface area contributed by atoms with Crippen LogP contribution in [0.5, 0.6) is 0 Å². The molecular formula is C8H8BrN5S2. The fraction of sp³-hybridized carbons (Fsp3) is 0.250. The lowest BCUT2D eigenvalue weighted by molar-refractivity contribution is 0.974. The molecular weight excluding hydrogens is 310 g/mol. The highest BCUT2D eigenvalue weighted by Gasteiger charge is 2.09. The van der Waals surface area contributed by atoms with Crippen molar-refractivity contribution in [1.29, 1.82) is 0 Å². The van der Waals surface area contributed by atoms with Gasteiger partial charge in [-0.2, -0.15) is 0 Å². The van der Waals surface area contributed by atoms with E-state index in [1.165, 1.54) is 11.8 Å². The molecule has 0 unspecified atom stereocenters. The van der Waals surface area contributed by atoms with Crippen molar-refractivity contribution in [3.63, 3.8) is 0 Å². The molecule has 8 heteroatoms. The zero-order valence-corrected chi connectivity index (χ0v) is 11.8. The van der Waals surface area contributed by atoms with Crippen LogP contribution in [0.15, 0.2) is 20.0 Å². The summed E-state index contributed by atoms with van der Waals surface area (Å²) in [7, 11) is 1.78. The molecule has 0 radical (unpaired) electrons. The second-order valence-electron chi connectivity index (χ2n) is 2.79. The van der Waals surface area contributed by atoms with E-state index in [-0.39, 0.29) is 0 Å². The van der Waals surface area contributed by atoms with Gasteiger partial charge in [-0.3, -0.25) is 0 Å². The smallest absolute Gasteiger partial charge is 0.223 e. The predicted molar refractivity (Wildman–Crippen MR) is 68.0 cm³/mol. The Bertz CT molecular complexity index is 501. The minimum atomic E-state index is 0.590. The van der Waals surface area contributed by atoms with Crippen molar-refractivity contribution in [2.24, 2.45) is 0 Å². The molecule has 2 heterocycles. The summed E-state index contributed by atoms with van der Waals surface area (Å²) in [5.74, 6) is 0.590. The van der Waals surface area contributed by atoms with Crippen molar-refractivity contribution in [2.75, 3.05) is 12.4 Å². The van der Waals surface area contributed by atoms with E-state index in [2.05, 4.69) is 41.4 Å². The van der Waals surface area contributed by atoms with E-state index in [0.717, 1.165) is 18.8 Å². The van der Waals surface area contributed by atoms with E-state index < -0.39 is 0 Å². The summed E-state index contributed by atoms with van der Waals surface area (Å²) in [6.07, 6.45) is 1.72. The molecule has 0 amide bonds. The number of aromatic nitrogens is 4. The first-order chi connectivity index (χ1) is 7.69. The molecule has 16 heavy (non-hydrogen) atoms. The van der Waals surface area contributed by atoms with Crippen LogP contribution in [0.4, 0.5) is 5.95 Å². The van der Waals surface area contributed by atoms with Crippen LogP contribution in [0.1, 0.15) is 5.01 Å². The molecule has 0 fully saturated rings. The Hall–Kier alpha value is -0.730. The molecule has 2 aromatic rings. The van der Waals surface area contributed by atoms with Gasteiger partial charge in [0.15, 0.2) is 4.34 Å². The SMILES string of the molecule is CNc1ncc(Br)c(Sc2nnc(C)s2)n1. The first-order valence-electron chi connectivity index (χ1n) is 4.37. The number of halogens is 1. The van der Waals surface area contributed by atoms with Gasteiger partial charge in [0, 0.05) is 13.2 Å². The zero-order valence-electron chi connectivity index (χ0n) is 8.56. The summed E-state index contributed by atoms with van der Waals surface area (Å²) in [6.45, 7) is 1.93. The third-order valence-corrected chi connectivity index (χ3v) is 4.36. The maximum atomic E-state index is 4.33. The van der Waals surface area contributed by atoms with Crippen molar-refractivity contribution < 1.29 is 0 Å². The Labute approximate surface area is 109 Å². The van der Waals surface area contributed by atoms with Crippen LogP contribution in [0.3, 0.4) is 0 Å². The Morgan fingerprint density at radius 3 is 2.88 bits per heavy atom. The molecule has 0 aliphatic carbocycles. The molecule has 0 bridgehead atoms. The lowest BCUT2D eigenvalue weighted by Crippen LogP contribution is -1.96. The Balaban J connectivity index is 2.26. The molecule has 2 aromatic heterocycles. The first-order valence-corrected chi connectivity index (χ1v) is 6.80. The van der Waals surface area contributed by atoms with E-state index in [1.54, 1.807) is 24.6 Å². The minimum absolute atomic E-state index is 0.590. The van der Waals surface area contributed by atoms with Gasteiger partial charge in [-0.1, -0.05) is 11.3 Å². The number of nitrogens with zero attached hydrogens (tertiary/aromatic N) is 4. The zero-order chi connectivity index (χ0) is 11.5. The van der Waals surface area contributed by atoms with Gasteiger partial charge in [-0.05, 0) is 34.6 Å². The topological polar surface area (TPSA) is 63.6 Å². The maximum absolute atomic E-state index is 4.33. The van der Waals surface area contributed by atoms with Gasteiger partial charge in [0.05, 0.1) is 4.47 Å². The van der Waals surface area contributed by atoms with Crippen LogP contribution in [-0.4, -0.2) is 27.2 Å². The highest BCUT2D eigenvalue weighted by molar-refractivity contribution is 9.10. The van der Waals surface area contributed by atoms with E-state index in [4.69, 9.17) is 0 Å². The Kier molecular flexibility index (Phi) is 3.72. The largest absolute Gasteiger partial charge is 0.357 e. The van der Waals surface area contributed by atoms with Gasteiger partial charge in [0.25, 0.3) is 0 Å². The summed E-state index contributed by atoms with van der Waals surface area (Å²) < 4.78 is 1.73. The summed E-state index contributed by atoms with van der Waals surface area (Å²) in [6, 6.07) is 0. The quantitative estimate of drug-likeness (QED) is 0.878. The van der Waals surface area contributed by atoms with Crippen LogP contribution in [0.2, 0.25) is 0 Å². The van der Waals surface area contributed by atoms with E-state index in [1.807, 2.05) is 6.92 Å². The lowest BCUT2D eigenvalue weighted by Gasteiger charge is -2.02. The molecule has 84 valence electrons. The molecule has 2 rings (SSSR count). The van der Waals surface area contributed by atoms with Crippen molar-refractivity contribution >= 4 is 45.0 Å². The van der Waals surface area contributed by atoms with E-state index >= 15 is 0 Å². The monoisotopic (exact) mass is 317 g/mol. The third-order valence-electron chi connectivity index (χ3n) is 1.63. The van der Waals surface area contributed by atoms with E-state index in [0.29, 0.717) is 5.95 Å². The predicted octanol–water partition coefficient (Wildman–Crippen LogP) is 2.59. The molecule has 0 spiro atoms. The van der Waals surface area contributed by atoms with Gasteiger partial charge < -0.3 is 5.32 Å². The summed E-state index contributed by atoms with van der Waals surface area (Å²) >= 11 is 6.42. The Morgan fingerprint density at radius 2 is 2.25 bits per heavy atom. The van der Waals surface area contributed by atoms with Crippen molar-refractivity contribution in [3.05, 3.63) is 15.7 Å². The molecule has 5 nitrogen and oxygen atoms in total. The van der Waals surface area contributed by atoms with Crippen LogP contribution < -0.4 is 5.32 Å². The number of hydrogen-bond donors (Lipinski definition) is 1. The van der Waals surface area contributed by atoms with Gasteiger partial charge in [-0.15, -0.1) is 10.2 Å². The van der Waals surface area contributed by atoms with Gasteiger partial charge in [0.2, 0.25) is 5.95 Å². The van der Waals surface area contributed by atoms with Crippen LogP contribution in [0.25, 0.3) is 0 Å². The lowest BCUT2D eigenvalue weighted by atomic mass is 10.7. The second-order valence-corrected chi connectivity index (χ2v) is 6.06. The van der Waals surface area contributed by atoms with Crippen molar-refractivity contribution in [2.45, 2.75) is 16.3 Å². The normalized spacial score (nSPS) is 10.4. The Morgan fingerprint density at radius 1 is 1.44 bits per heavy atom. The van der Waals surface area contributed by atoms with Crippen LogP contribution >= 0.6 is 39.0 Å². The number of anilines is 1. The van der Waals surface area contributed by atoms with Crippen molar-refractivity contribution in [3.8, 4) is 0 Å². The molecule has 0 saturated carbocycles. The fourth-order valence-electron chi connectivity index (χ4n) is 0.946. The molecule has 0 atom stereocenters. The van der Waals surface area contributed by atoms with Gasteiger partial charge in [0.1, 0.15) is 10.0 Å². The maximum Gasteiger partial charge on any atom is 0.223 e. The molecule has 0 aliphatic rings. The number of aryl methyl sites for hydroxylation is 1. The molecule has 1 N–H and O–H groups in total.